The molecule has 1 aliphatic rings. The van der Waals surface area contributed by atoms with Crippen molar-refractivity contribution >= 4 is 58.1 Å². The number of ether oxygens (including phenoxy) is 1. The second-order valence-corrected chi connectivity index (χ2v) is 7.51. The van der Waals surface area contributed by atoms with E-state index in [0.29, 0.717) is 21.3 Å². The van der Waals surface area contributed by atoms with E-state index >= 15 is 0 Å². The lowest BCUT2D eigenvalue weighted by Crippen LogP contribution is -2.23. The van der Waals surface area contributed by atoms with E-state index in [0.717, 1.165) is 11.8 Å². The average Bonchev–Trinajstić information content (AvgIpc) is 2.95. The highest BCUT2D eigenvalue weighted by molar-refractivity contribution is 8.18. The number of aliphatic imine (C=N–C) groups is 1. The summed E-state index contributed by atoms with van der Waals surface area (Å²) in [6, 6.07) is 10.8. The number of benzene rings is 2. The SMILES string of the molecule is CN1C(=O)C(=Cc2ccc(OCC(=O)O)c(Cl)c2)SC1=Nc1cccc(C(=O)O)c1. The quantitative estimate of drug-likeness (QED) is 0.649. The van der Waals surface area contributed by atoms with Gasteiger partial charge >= 0.3 is 11.9 Å². The number of carbonyl (C=O) groups excluding carboxylic acids is 1. The summed E-state index contributed by atoms with van der Waals surface area (Å²) in [6.07, 6.45) is 1.63. The van der Waals surface area contributed by atoms with Crippen LogP contribution in [0.25, 0.3) is 6.08 Å². The van der Waals surface area contributed by atoms with Crippen LogP contribution in [0.3, 0.4) is 0 Å². The van der Waals surface area contributed by atoms with Gasteiger partial charge in [-0.2, -0.15) is 0 Å². The number of carbonyl (C=O) groups is 3. The smallest absolute Gasteiger partial charge is 0.341 e. The summed E-state index contributed by atoms with van der Waals surface area (Å²) in [4.78, 5) is 40.4. The topological polar surface area (TPSA) is 117 Å². The largest absolute Gasteiger partial charge is 0.480 e. The average molecular weight is 447 g/mol. The van der Waals surface area contributed by atoms with Crippen molar-refractivity contribution in [2.24, 2.45) is 4.99 Å². The van der Waals surface area contributed by atoms with Crippen LogP contribution in [0.15, 0.2) is 52.4 Å². The summed E-state index contributed by atoms with van der Waals surface area (Å²) in [5.41, 5.74) is 1.15. The van der Waals surface area contributed by atoms with Gasteiger partial charge in [0.25, 0.3) is 5.91 Å². The molecule has 0 radical (unpaired) electrons. The summed E-state index contributed by atoms with van der Waals surface area (Å²) in [7, 11) is 1.58. The maximum atomic E-state index is 12.6. The number of amidine groups is 1. The maximum absolute atomic E-state index is 12.6. The molecule has 1 aliphatic heterocycles. The van der Waals surface area contributed by atoms with Gasteiger partial charge in [0.1, 0.15) is 5.75 Å². The molecule has 2 N–H and O–H groups in total. The molecule has 0 atom stereocenters. The number of hydrogen-bond donors (Lipinski definition) is 2. The fraction of sp³-hybridized carbons (Fsp3) is 0.100. The first-order valence-electron chi connectivity index (χ1n) is 8.48. The molecule has 0 aliphatic carbocycles. The predicted molar refractivity (Wildman–Crippen MR) is 113 cm³/mol. The molecule has 0 bridgehead atoms. The lowest BCUT2D eigenvalue weighted by atomic mass is 10.2. The first-order chi connectivity index (χ1) is 14.2. The van der Waals surface area contributed by atoms with Crippen molar-refractivity contribution in [1.29, 1.82) is 0 Å². The summed E-state index contributed by atoms with van der Waals surface area (Å²) in [6.45, 7) is -0.512. The van der Waals surface area contributed by atoms with Gasteiger partial charge in [0.05, 0.1) is 21.2 Å². The molecule has 1 saturated heterocycles. The molecule has 0 spiro atoms. The molecule has 0 saturated carbocycles. The number of hydrogen-bond acceptors (Lipinski definition) is 6. The second kappa shape index (κ2) is 9.02. The van der Waals surface area contributed by atoms with Crippen LogP contribution in [-0.4, -0.2) is 51.8 Å². The standard InChI is InChI=1S/C20H15ClN2O6S/c1-23-18(26)16(8-11-5-6-15(14(21)7-11)29-10-17(24)25)30-20(23)22-13-4-2-3-12(9-13)19(27)28/h2-9H,10H2,1H3,(H,24,25)(H,27,28). The Balaban J connectivity index is 1.83. The number of rotatable bonds is 6. The van der Waals surface area contributed by atoms with E-state index in [1.165, 1.54) is 23.1 Å². The molecule has 3 rings (SSSR count). The summed E-state index contributed by atoms with van der Waals surface area (Å²) in [5.74, 6) is -2.22. The van der Waals surface area contributed by atoms with Crippen molar-refractivity contribution < 1.29 is 29.3 Å². The molecule has 154 valence electrons. The normalized spacial score (nSPS) is 16.3. The number of halogens is 1. The Kier molecular flexibility index (Phi) is 6.43. The fourth-order valence-corrected chi connectivity index (χ4v) is 3.72. The van der Waals surface area contributed by atoms with Gasteiger partial charge in [-0.25, -0.2) is 14.6 Å². The van der Waals surface area contributed by atoms with Crippen molar-refractivity contribution in [3.63, 3.8) is 0 Å². The zero-order valence-corrected chi connectivity index (χ0v) is 17.1. The Bertz CT molecular complexity index is 1100. The zero-order valence-electron chi connectivity index (χ0n) is 15.5. The highest BCUT2D eigenvalue weighted by Gasteiger charge is 2.30. The van der Waals surface area contributed by atoms with Crippen molar-refractivity contribution in [3.05, 3.63) is 63.5 Å². The third-order valence-electron chi connectivity index (χ3n) is 3.93. The van der Waals surface area contributed by atoms with E-state index in [1.54, 1.807) is 37.4 Å². The number of thioether (sulfide) groups is 1. The summed E-state index contributed by atoms with van der Waals surface area (Å²) in [5, 5.41) is 18.4. The van der Waals surface area contributed by atoms with E-state index in [2.05, 4.69) is 4.99 Å². The van der Waals surface area contributed by atoms with Crippen molar-refractivity contribution in [3.8, 4) is 5.75 Å². The number of carboxylic acid groups (broad SMARTS) is 2. The number of amides is 1. The van der Waals surface area contributed by atoms with Crippen LogP contribution < -0.4 is 4.74 Å². The molecule has 30 heavy (non-hydrogen) atoms. The monoisotopic (exact) mass is 446 g/mol. The molecule has 2 aromatic rings. The minimum atomic E-state index is -1.12. The van der Waals surface area contributed by atoms with Crippen LogP contribution in [0.4, 0.5) is 5.69 Å². The lowest BCUT2D eigenvalue weighted by molar-refractivity contribution is -0.139. The Hall–Kier alpha value is -3.30. The molecule has 0 unspecified atom stereocenters. The Morgan fingerprint density at radius 2 is 2.00 bits per heavy atom. The Labute approximate surface area is 180 Å². The van der Waals surface area contributed by atoms with Crippen LogP contribution in [0.2, 0.25) is 5.02 Å². The van der Waals surface area contributed by atoms with E-state index in [9.17, 15) is 14.4 Å². The van der Waals surface area contributed by atoms with E-state index in [1.807, 2.05) is 0 Å². The molecule has 1 heterocycles. The molecule has 1 amide bonds. The first kappa shape index (κ1) is 21.4. The molecular weight excluding hydrogens is 432 g/mol. The van der Waals surface area contributed by atoms with Gasteiger partial charge in [0, 0.05) is 7.05 Å². The van der Waals surface area contributed by atoms with E-state index < -0.39 is 18.5 Å². The van der Waals surface area contributed by atoms with Gasteiger partial charge in [-0.3, -0.25) is 9.69 Å². The Morgan fingerprint density at radius 1 is 1.23 bits per heavy atom. The molecule has 10 heteroatoms. The van der Waals surface area contributed by atoms with Gasteiger partial charge in [0.2, 0.25) is 0 Å². The molecule has 8 nitrogen and oxygen atoms in total. The van der Waals surface area contributed by atoms with Crippen molar-refractivity contribution in [2.45, 2.75) is 0 Å². The first-order valence-corrected chi connectivity index (χ1v) is 9.68. The van der Waals surface area contributed by atoms with Gasteiger partial charge in [-0.15, -0.1) is 0 Å². The van der Waals surface area contributed by atoms with Crippen molar-refractivity contribution in [1.82, 2.24) is 4.90 Å². The van der Waals surface area contributed by atoms with Crippen LogP contribution in [0.5, 0.6) is 5.75 Å². The number of nitrogens with zero attached hydrogens (tertiary/aromatic N) is 2. The molecule has 0 aromatic heterocycles. The molecular formula is C20H15ClN2O6S. The minimum Gasteiger partial charge on any atom is -0.480 e. The third kappa shape index (κ3) is 5.00. The van der Waals surface area contributed by atoms with Gasteiger partial charge < -0.3 is 14.9 Å². The molecule has 1 fully saturated rings. The zero-order chi connectivity index (χ0) is 21.8. The maximum Gasteiger partial charge on any atom is 0.341 e. The number of carboxylic acids is 2. The van der Waals surface area contributed by atoms with E-state index in [4.69, 9.17) is 26.6 Å². The van der Waals surface area contributed by atoms with Crippen LogP contribution in [0, 0.1) is 0 Å². The number of likely N-dealkylation sites (N-methyl/N-ethyl adjacent to an activating group) is 1. The highest BCUT2D eigenvalue weighted by atomic mass is 35.5. The minimum absolute atomic E-state index is 0.101. The van der Waals surface area contributed by atoms with Crippen molar-refractivity contribution in [2.75, 3.05) is 13.7 Å². The molecule has 2 aromatic carbocycles. The van der Waals surface area contributed by atoms with Crippen LogP contribution in [0.1, 0.15) is 15.9 Å². The second-order valence-electron chi connectivity index (χ2n) is 6.10. The van der Waals surface area contributed by atoms with Gasteiger partial charge in [-0.05, 0) is 53.7 Å². The van der Waals surface area contributed by atoms with Crippen LogP contribution >= 0.6 is 23.4 Å². The lowest BCUT2D eigenvalue weighted by Gasteiger charge is -2.07. The van der Waals surface area contributed by atoms with E-state index in [-0.39, 0.29) is 22.2 Å². The summed E-state index contributed by atoms with van der Waals surface area (Å²) < 4.78 is 5.08. The third-order valence-corrected chi connectivity index (χ3v) is 5.28. The van der Waals surface area contributed by atoms with Gasteiger partial charge in [0.15, 0.2) is 11.8 Å². The predicted octanol–water partition coefficient (Wildman–Crippen LogP) is 3.74. The number of aromatic carboxylic acids is 1. The van der Waals surface area contributed by atoms with Gasteiger partial charge in [-0.1, -0.05) is 23.7 Å². The van der Waals surface area contributed by atoms with Crippen LogP contribution in [-0.2, 0) is 9.59 Å². The summed E-state index contributed by atoms with van der Waals surface area (Å²) >= 11 is 7.26. The Morgan fingerprint density at radius 3 is 2.67 bits per heavy atom. The fourth-order valence-electron chi connectivity index (χ4n) is 2.49. The highest BCUT2D eigenvalue weighted by Crippen LogP contribution is 2.34. The number of aliphatic carboxylic acids is 1.